The lowest BCUT2D eigenvalue weighted by Gasteiger charge is -2.36. The number of aromatic amines is 1. The molecule has 1 amide bonds. The van der Waals surface area contributed by atoms with E-state index >= 15 is 0 Å². The van der Waals surface area contributed by atoms with Crippen LogP contribution in [0.5, 0.6) is 0 Å². The highest BCUT2D eigenvalue weighted by Crippen LogP contribution is 2.34. The number of fused-ring (bicyclic) bond motifs is 2. The Labute approximate surface area is 167 Å². The smallest absolute Gasteiger partial charge is 0.270 e. The number of H-pyrrole nitrogens is 1. The van der Waals surface area contributed by atoms with E-state index in [0.29, 0.717) is 25.3 Å². The van der Waals surface area contributed by atoms with Gasteiger partial charge in [-0.2, -0.15) is 0 Å². The van der Waals surface area contributed by atoms with Crippen LogP contribution in [0.4, 0.5) is 5.13 Å². The third kappa shape index (κ3) is 3.08. The molecule has 1 aliphatic carbocycles. The lowest BCUT2D eigenvalue weighted by Crippen LogP contribution is -2.43. The highest BCUT2D eigenvalue weighted by atomic mass is 32.1. The Morgan fingerprint density at radius 1 is 1.43 bits per heavy atom. The summed E-state index contributed by atoms with van der Waals surface area (Å²) in [4.78, 5) is 24.0. The summed E-state index contributed by atoms with van der Waals surface area (Å²) >= 11 is 1.60. The molecule has 1 saturated carbocycles. The Morgan fingerprint density at radius 3 is 3.04 bits per heavy atom. The summed E-state index contributed by atoms with van der Waals surface area (Å²) in [5.41, 5.74) is 3.31. The third-order valence-electron chi connectivity index (χ3n) is 5.98. The molecule has 0 saturated heterocycles. The van der Waals surface area contributed by atoms with Crippen LogP contribution in [0.25, 0.3) is 10.9 Å². The average Bonchev–Trinajstić information content (AvgIpc) is 3.28. The summed E-state index contributed by atoms with van der Waals surface area (Å²) < 4.78 is 0. The van der Waals surface area contributed by atoms with Gasteiger partial charge in [-0.1, -0.05) is 23.5 Å². The Hall–Kier alpha value is -2.38. The normalized spacial score (nSPS) is 18.0. The van der Waals surface area contributed by atoms with Crippen LogP contribution in [-0.4, -0.2) is 44.6 Å². The zero-order valence-electron chi connectivity index (χ0n) is 15.9. The number of amides is 1. The van der Waals surface area contributed by atoms with Gasteiger partial charge in [0.1, 0.15) is 5.69 Å². The number of carbonyl (C=O) groups is 1. The van der Waals surface area contributed by atoms with E-state index < -0.39 is 5.60 Å². The lowest BCUT2D eigenvalue weighted by molar-refractivity contribution is -0.0202. The number of aromatic nitrogens is 2. The first-order valence-electron chi connectivity index (χ1n) is 9.83. The Bertz CT molecular complexity index is 1050. The summed E-state index contributed by atoms with van der Waals surface area (Å²) in [6.07, 6.45) is 3.58. The van der Waals surface area contributed by atoms with Crippen molar-refractivity contribution in [3.63, 3.8) is 0 Å². The molecule has 0 unspecified atom stereocenters. The van der Waals surface area contributed by atoms with E-state index in [4.69, 9.17) is 0 Å². The maximum absolute atomic E-state index is 13.0. The number of benzene rings is 1. The van der Waals surface area contributed by atoms with E-state index in [2.05, 4.69) is 28.3 Å². The number of aryl methyl sites for hydroxylation is 1. The van der Waals surface area contributed by atoms with Crippen LogP contribution in [0, 0.1) is 6.92 Å². The quantitative estimate of drug-likeness (QED) is 0.631. The molecule has 2 aliphatic rings. The molecule has 1 aromatic carbocycles. The largest absolute Gasteiger partial charge is 0.388 e. The molecule has 0 radical (unpaired) electrons. The van der Waals surface area contributed by atoms with Gasteiger partial charge in [-0.3, -0.25) is 4.79 Å². The summed E-state index contributed by atoms with van der Waals surface area (Å²) in [5, 5.41) is 15.5. The van der Waals surface area contributed by atoms with Crippen molar-refractivity contribution in [1.29, 1.82) is 0 Å². The van der Waals surface area contributed by atoms with Crippen LogP contribution >= 0.6 is 11.3 Å². The van der Waals surface area contributed by atoms with Crippen molar-refractivity contribution >= 4 is 33.3 Å². The molecule has 6 nitrogen and oxygen atoms in total. The second-order valence-electron chi connectivity index (χ2n) is 8.02. The number of anilines is 1. The van der Waals surface area contributed by atoms with Gasteiger partial charge in [0.2, 0.25) is 0 Å². The summed E-state index contributed by atoms with van der Waals surface area (Å²) in [6, 6.07) is 8.03. The zero-order chi connectivity index (χ0) is 19.3. The number of nitrogens with zero attached hydrogens (tertiary/aromatic N) is 2. The van der Waals surface area contributed by atoms with E-state index in [0.717, 1.165) is 52.3 Å². The maximum atomic E-state index is 13.0. The maximum Gasteiger partial charge on any atom is 0.270 e. The molecular weight excluding hydrogens is 372 g/mol. The van der Waals surface area contributed by atoms with E-state index in [-0.39, 0.29) is 5.91 Å². The van der Waals surface area contributed by atoms with Crippen LogP contribution in [0.3, 0.4) is 0 Å². The van der Waals surface area contributed by atoms with E-state index in [1.165, 1.54) is 5.56 Å². The zero-order valence-corrected chi connectivity index (χ0v) is 16.7. The van der Waals surface area contributed by atoms with Crippen LogP contribution < -0.4 is 5.32 Å². The third-order valence-corrected chi connectivity index (χ3v) is 7.02. The number of rotatable bonds is 4. The van der Waals surface area contributed by atoms with E-state index in [1.807, 2.05) is 23.1 Å². The molecule has 3 aromatic rings. The molecule has 3 heterocycles. The molecule has 1 aliphatic heterocycles. The highest BCUT2D eigenvalue weighted by Gasteiger charge is 2.34. The minimum atomic E-state index is -0.568. The van der Waals surface area contributed by atoms with Crippen molar-refractivity contribution in [1.82, 2.24) is 14.9 Å². The molecule has 0 spiro atoms. The van der Waals surface area contributed by atoms with Crippen molar-refractivity contribution in [3.05, 3.63) is 46.1 Å². The number of thiazole rings is 1. The molecular formula is C21H24N4O2S. The van der Waals surface area contributed by atoms with Gasteiger partial charge in [-0.05, 0) is 43.9 Å². The second kappa shape index (κ2) is 6.60. The van der Waals surface area contributed by atoms with Gasteiger partial charge in [0.25, 0.3) is 5.91 Å². The fourth-order valence-electron chi connectivity index (χ4n) is 4.04. The van der Waals surface area contributed by atoms with Gasteiger partial charge < -0.3 is 20.3 Å². The van der Waals surface area contributed by atoms with Gasteiger partial charge in [0.15, 0.2) is 5.13 Å². The van der Waals surface area contributed by atoms with E-state index in [9.17, 15) is 9.90 Å². The van der Waals surface area contributed by atoms with Gasteiger partial charge in [0, 0.05) is 35.3 Å². The number of hydrogen-bond donors (Lipinski definition) is 3. The molecule has 5 rings (SSSR count). The highest BCUT2D eigenvalue weighted by molar-refractivity contribution is 7.15. The predicted octanol–water partition coefficient (Wildman–Crippen LogP) is 3.46. The fraction of sp³-hybridized carbons (Fsp3) is 0.429. The SMILES string of the molecule is Cc1cccc2[nH]c(C(=O)N3CCc4nc(NCC5(O)CCC5)sc4C3)cc12. The number of aliphatic hydroxyl groups is 1. The first-order valence-corrected chi connectivity index (χ1v) is 10.6. The van der Waals surface area contributed by atoms with Crippen LogP contribution in [-0.2, 0) is 13.0 Å². The number of carbonyl (C=O) groups excluding carboxylic acids is 1. The van der Waals surface area contributed by atoms with Crippen LogP contribution in [0.2, 0.25) is 0 Å². The van der Waals surface area contributed by atoms with Gasteiger partial charge in [0.05, 0.1) is 17.8 Å². The Morgan fingerprint density at radius 2 is 2.29 bits per heavy atom. The summed E-state index contributed by atoms with van der Waals surface area (Å²) in [5.74, 6) is 0.0351. The molecule has 146 valence electrons. The monoisotopic (exact) mass is 396 g/mol. The molecule has 2 aromatic heterocycles. The van der Waals surface area contributed by atoms with Crippen molar-refractivity contribution < 1.29 is 9.90 Å². The molecule has 7 heteroatoms. The van der Waals surface area contributed by atoms with Crippen molar-refractivity contribution in [2.24, 2.45) is 0 Å². The average molecular weight is 397 g/mol. The number of hydrogen-bond acceptors (Lipinski definition) is 5. The van der Waals surface area contributed by atoms with E-state index in [1.54, 1.807) is 11.3 Å². The van der Waals surface area contributed by atoms with Crippen LogP contribution in [0.1, 0.15) is 45.9 Å². The molecule has 28 heavy (non-hydrogen) atoms. The first kappa shape index (κ1) is 17.7. The predicted molar refractivity (Wildman–Crippen MR) is 111 cm³/mol. The van der Waals surface area contributed by atoms with Crippen LogP contribution in [0.15, 0.2) is 24.3 Å². The summed E-state index contributed by atoms with van der Waals surface area (Å²) in [6.45, 7) is 3.87. The second-order valence-corrected chi connectivity index (χ2v) is 9.10. The van der Waals surface area contributed by atoms with Crippen molar-refractivity contribution in [2.45, 2.75) is 44.8 Å². The summed E-state index contributed by atoms with van der Waals surface area (Å²) in [7, 11) is 0. The minimum absolute atomic E-state index is 0.0351. The minimum Gasteiger partial charge on any atom is -0.388 e. The first-order chi connectivity index (χ1) is 13.5. The lowest BCUT2D eigenvalue weighted by atomic mass is 9.80. The van der Waals surface area contributed by atoms with Gasteiger partial charge >= 0.3 is 0 Å². The fourth-order valence-corrected chi connectivity index (χ4v) is 5.06. The molecule has 0 bridgehead atoms. The van der Waals surface area contributed by atoms with Gasteiger partial charge in [-0.25, -0.2) is 4.98 Å². The standard InChI is InChI=1S/C21H24N4O2S/c1-13-4-2-5-15-14(13)10-17(23-15)19(26)25-9-6-16-18(11-25)28-20(24-16)22-12-21(27)7-3-8-21/h2,4-5,10,23,27H,3,6-9,11-12H2,1H3,(H,22,24). The Kier molecular flexibility index (Phi) is 4.17. The van der Waals surface area contributed by atoms with Crippen molar-refractivity contribution in [3.8, 4) is 0 Å². The molecule has 1 fully saturated rings. The molecule has 3 N–H and O–H groups in total. The Balaban J connectivity index is 1.30. The number of nitrogens with one attached hydrogen (secondary N) is 2. The van der Waals surface area contributed by atoms with Crippen molar-refractivity contribution in [2.75, 3.05) is 18.4 Å². The topological polar surface area (TPSA) is 81.2 Å². The van der Waals surface area contributed by atoms with Gasteiger partial charge in [-0.15, -0.1) is 0 Å². The molecule has 0 atom stereocenters.